The van der Waals surface area contributed by atoms with Crippen molar-refractivity contribution in [3.63, 3.8) is 0 Å². The lowest BCUT2D eigenvalue weighted by Gasteiger charge is -2.27. The summed E-state index contributed by atoms with van der Waals surface area (Å²) in [7, 11) is 0. The van der Waals surface area contributed by atoms with Crippen molar-refractivity contribution in [1.82, 2.24) is 4.90 Å². The van der Waals surface area contributed by atoms with E-state index in [1.165, 1.54) is 25.2 Å². The minimum Gasteiger partial charge on any atom is -0.619 e. The standard InChI is InChI=1S/C12H18N2O2/c1-10(13-6-2-3-7-13)12(15)11-5-4-8-14(16)9-11/h4-5,8-10,12,15H,2-3,6-7H2,1H3/t10-,12+/m0/s1. The predicted molar refractivity (Wildman–Crippen MR) is 60.6 cm³/mol. The van der Waals surface area contributed by atoms with E-state index in [1.54, 1.807) is 12.1 Å². The van der Waals surface area contributed by atoms with Gasteiger partial charge in [0.1, 0.15) is 6.10 Å². The molecule has 1 aromatic heterocycles. The Morgan fingerprint density at radius 3 is 2.75 bits per heavy atom. The van der Waals surface area contributed by atoms with Gasteiger partial charge in [0.2, 0.25) is 0 Å². The van der Waals surface area contributed by atoms with Crippen LogP contribution in [0.25, 0.3) is 0 Å². The van der Waals surface area contributed by atoms with Crippen LogP contribution in [-0.4, -0.2) is 29.1 Å². The van der Waals surface area contributed by atoms with Crippen LogP contribution in [-0.2, 0) is 0 Å². The van der Waals surface area contributed by atoms with Crippen molar-refractivity contribution < 1.29 is 9.84 Å². The fraction of sp³-hybridized carbons (Fsp3) is 0.583. The highest BCUT2D eigenvalue weighted by atomic mass is 16.5. The SMILES string of the molecule is C[C@@H]([C@@H](O)c1ccc[n+]([O-])c1)N1CCCC1. The summed E-state index contributed by atoms with van der Waals surface area (Å²) in [5.41, 5.74) is 0.692. The van der Waals surface area contributed by atoms with Crippen LogP contribution in [0.2, 0.25) is 0 Å². The highest BCUT2D eigenvalue weighted by Gasteiger charge is 2.26. The summed E-state index contributed by atoms with van der Waals surface area (Å²) in [4.78, 5) is 2.27. The van der Waals surface area contributed by atoms with E-state index in [0.717, 1.165) is 17.8 Å². The van der Waals surface area contributed by atoms with Crippen molar-refractivity contribution in [1.29, 1.82) is 0 Å². The minimum atomic E-state index is -0.584. The first-order valence-electron chi connectivity index (χ1n) is 5.79. The second-order valence-electron chi connectivity index (χ2n) is 4.43. The summed E-state index contributed by atoms with van der Waals surface area (Å²) < 4.78 is 0.731. The molecule has 0 bridgehead atoms. The monoisotopic (exact) mass is 222 g/mol. The van der Waals surface area contributed by atoms with Crippen molar-refractivity contribution >= 4 is 0 Å². The summed E-state index contributed by atoms with van der Waals surface area (Å²) >= 11 is 0. The number of hydrogen-bond donors (Lipinski definition) is 1. The van der Waals surface area contributed by atoms with Gasteiger partial charge in [0, 0.05) is 17.7 Å². The Bertz CT molecular complexity index is 351. The predicted octanol–water partition coefficient (Wildman–Crippen LogP) is 0.838. The molecule has 0 unspecified atom stereocenters. The first kappa shape index (κ1) is 11.4. The zero-order valence-electron chi connectivity index (χ0n) is 9.54. The van der Waals surface area contributed by atoms with Gasteiger partial charge in [-0.3, -0.25) is 4.90 Å². The molecule has 4 heteroatoms. The number of rotatable bonds is 3. The van der Waals surface area contributed by atoms with Crippen LogP contribution >= 0.6 is 0 Å². The third kappa shape index (κ3) is 2.33. The van der Waals surface area contributed by atoms with E-state index in [0.29, 0.717) is 5.56 Å². The largest absolute Gasteiger partial charge is 0.619 e. The van der Waals surface area contributed by atoms with E-state index < -0.39 is 6.10 Å². The molecule has 1 fully saturated rings. The van der Waals surface area contributed by atoms with Gasteiger partial charge in [-0.05, 0) is 38.9 Å². The van der Waals surface area contributed by atoms with Gasteiger partial charge in [0.15, 0.2) is 12.4 Å². The maximum absolute atomic E-state index is 11.1. The molecule has 4 nitrogen and oxygen atoms in total. The molecule has 16 heavy (non-hydrogen) atoms. The lowest BCUT2D eigenvalue weighted by molar-refractivity contribution is -0.606. The molecule has 1 saturated heterocycles. The maximum atomic E-state index is 11.1. The molecule has 0 saturated carbocycles. The maximum Gasteiger partial charge on any atom is 0.186 e. The number of hydrogen-bond acceptors (Lipinski definition) is 3. The van der Waals surface area contributed by atoms with Crippen molar-refractivity contribution in [3.05, 3.63) is 35.3 Å². The Morgan fingerprint density at radius 2 is 2.12 bits per heavy atom. The van der Waals surface area contributed by atoms with E-state index in [9.17, 15) is 10.3 Å². The molecule has 0 radical (unpaired) electrons. The quantitative estimate of drug-likeness (QED) is 0.609. The van der Waals surface area contributed by atoms with E-state index in [2.05, 4.69) is 4.90 Å². The van der Waals surface area contributed by atoms with Crippen LogP contribution in [0.3, 0.4) is 0 Å². The molecule has 1 aliphatic rings. The highest BCUT2D eigenvalue weighted by Crippen LogP contribution is 2.22. The number of aromatic nitrogens is 1. The van der Waals surface area contributed by atoms with Gasteiger partial charge in [-0.25, -0.2) is 0 Å². The highest BCUT2D eigenvalue weighted by molar-refractivity contribution is 5.11. The number of aliphatic hydroxyl groups excluding tert-OH is 1. The van der Waals surface area contributed by atoms with Gasteiger partial charge < -0.3 is 10.3 Å². The lowest BCUT2D eigenvalue weighted by Crippen LogP contribution is -2.36. The van der Waals surface area contributed by atoms with Crippen molar-refractivity contribution in [2.45, 2.75) is 31.9 Å². The molecule has 1 aromatic rings. The van der Waals surface area contributed by atoms with E-state index >= 15 is 0 Å². The van der Waals surface area contributed by atoms with E-state index in [-0.39, 0.29) is 6.04 Å². The summed E-state index contributed by atoms with van der Waals surface area (Å²) in [6.07, 6.45) is 4.69. The van der Waals surface area contributed by atoms with Crippen LogP contribution in [0.4, 0.5) is 0 Å². The topological polar surface area (TPSA) is 50.4 Å². The summed E-state index contributed by atoms with van der Waals surface area (Å²) in [5, 5.41) is 21.3. The smallest absolute Gasteiger partial charge is 0.186 e. The molecule has 2 atom stereocenters. The number of nitrogens with zero attached hydrogens (tertiary/aromatic N) is 2. The van der Waals surface area contributed by atoms with Crippen LogP contribution < -0.4 is 4.73 Å². The summed E-state index contributed by atoms with van der Waals surface area (Å²) in [5.74, 6) is 0. The van der Waals surface area contributed by atoms with Crippen LogP contribution in [0.15, 0.2) is 24.5 Å². The van der Waals surface area contributed by atoms with Gasteiger partial charge in [0.05, 0.1) is 0 Å². The minimum absolute atomic E-state index is 0.0740. The number of pyridine rings is 1. The lowest BCUT2D eigenvalue weighted by atomic mass is 10.0. The Labute approximate surface area is 95.7 Å². The van der Waals surface area contributed by atoms with Crippen molar-refractivity contribution in [2.24, 2.45) is 0 Å². The Morgan fingerprint density at radius 1 is 1.44 bits per heavy atom. The molecule has 1 aliphatic heterocycles. The fourth-order valence-electron chi connectivity index (χ4n) is 2.27. The van der Waals surface area contributed by atoms with Crippen molar-refractivity contribution in [2.75, 3.05) is 13.1 Å². The second kappa shape index (κ2) is 4.80. The van der Waals surface area contributed by atoms with Gasteiger partial charge in [0.25, 0.3) is 0 Å². The molecule has 0 amide bonds. The van der Waals surface area contributed by atoms with Gasteiger partial charge in [-0.2, -0.15) is 4.73 Å². The van der Waals surface area contributed by atoms with Gasteiger partial charge >= 0.3 is 0 Å². The zero-order chi connectivity index (χ0) is 11.5. The third-order valence-corrected chi connectivity index (χ3v) is 3.31. The molecule has 2 rings (SSSR count). The van der Waals surface area contributed by atoms with E-state index in [4.69, 9.17) is 0 Å². The molecule has 0 aliphatic carbocycles. The average molecular weight is 222 g/mol. The second-order valence-corrected chi connectivity index (χ2v) is 4.43. The summed E-state index contributed by atoms with van der Waals surface area (Å²) in [6.45, 7) is 4.10. The van der Waals surface area contributed by atoms with Gasteiger partial charge in [-0.1, -0.05) is 0 Å². The molecule has 88 valence electrons. The molecule has 0 spiro atoms. The third-order valence-electron chi connectivity index (χ3n) is 3.31. The van der Waals surface area contributed by atoms with Crippen LogP contribution in [0, 0.1) is 5.21 Å². The molecule has 1 N–H and O–H groups in total. The fourth-order valence-corrected chi connectivity index (χ4v) is 2.27. The van der Waals surface area contributed by atoms with Crippen molar-refractivity contribution in [3.8, 4) is 0 Å². The summed E-state index contributed by atoms with van der Waals surface area (Å²) in [6, 6.07) is 3.54. The van der Waals surface area contributed by atoms with Crippen LogP contribution in [0.5, 0.6) is 0 Å². The first-order chi connectivity index (χ1) is 7.68. The average Bonchev–Trinajstić information content (AvgIpc) is 2.80. The van der Waals surface area contributed by atoms with E-state index in [1.807, 2.05) is 6.92 Å². The Kier molecular flexibility index (Phi) is 3.41. The Balaban J connectivity index is 2.08. The zero-order valence-corrected chi connectivity index (χ0v) is 9.54. The normalized spacial score (nSPS) is 20.9. The molecular weight excluding hydrogens is 204 g/mol. The first-order valence-corrected chi connectivity index (χ1v) is 5.79. The number of likely N-dealkylation sites (tertiary alicyclic amines) is 1. The van der Waals surface area contributed by atoms with Crippen LogP contribution in [0.1, 0.15) is 31.4 Å². The Hall–Kier alpha value is -1.13. The molecular formula is C12H18N2O2. The number of aliphatic hydroxyl groups is 1. The molecule has 2 heterocycles. The van der Waals surface area contributed by atoms with Gasteiger partial charge in [-0.15, -0.1) is 0 Å². The molecule has 0 aromatic carbocycles.